The number of halogens is 1. The lowest BCUT2D eigenvalue weighted by Crippen LogP contribution is -2.51. The average Bonchev–Trinajstić information content (AvgIpc) is 3.28. The van der Waals surface area contributed by atoms with Crippen molar-refractivity contribution >= 4 is 35.1 Å². The normalized spacial score (nSPS) is 17.5. The van der Waals surface area contributed by atoms with Crippen LogP contribution >= 0.6 is 12.4 Å². The van der Waals surface area contributed by atoms with Crippen molar-refractivity contribution in [3.05, 3.63) is 30.0 Å². The minimum Gasteiger partial charge on any atom is -0.339 e. The van der Waals surface area contributed by atoms with E-state index < -0.39 is 6.04 Å². The quantitative estimate of drug-likeness (QED) is 0.712. The fourth-order valence-corrected chi connectivity index (χ4v) is 3.33. The Morgan fingerprint density at radius 1 is 1.38 bits per heavy atom. The van der Waals surface area contributed by atoms with E-state index in [1.807, 2.05) is 29.2 Å². The molecule has 0 bridgehead atoms. The number of fused-ring (bicyclic) bond motifs is 1. The third-order valence-corrected chi connectivity index (χ3v) is 4.63. The number of nitrogens with one attached hydrogen (secondary N) is 3. The van der Waals surface area contributed by atoms with Gasteiger partial charge in [-0.2, -0.15) is 5.10 Å². The van der Waals surface area contributed by atoms with Crippen LogP contribution in [0.2, 0.25) is 0 Å². The molecule has 1 aliphatic heterocycles. The predicted octanol–water partition coefficient (Wildman–Crippen LogP) is 1.70. The molecular weight excluding hydrogens is 354 g/mol. The topological polar surface area (TPSA) is 90.1 Å². The molecule has 1 fully saturated rings. The zero-order chi connectivity index (χ0) is 17.8. The van der Waals surface area contributed by atoms with E-state index in [1.165, 1.54) is 0 Å². The van der Waals surface area contributed by atoms with Gasteiger partial charge < -0.3 is 15.5 Å². The summed E-state index contributed by atoms with van der Waals surface area (Å²) >= 11 is 0. The minimum atomic E-state index is -0.588. The number of rotatable bonds is 6. The number of aromatic amines is 1. The van der Waals surface area contributed by atoms with E-state index in [2.05, 4.69) is 27.8 Å². The Balaban J connectivity index is 0.00000243. The van der Waals surface area contributed by atoms with Crippen molar-refractivity contribution in [3.8, 4) is 0 Å². The first kappa shape index (κ1) is 20.2. The molecule has 2 aromatic rings. The second kappa shape index (κ2) is 9.00. The van der Waals surface area contributed by atoms with Crippen LogP contribution in [0.5, 0.6) is 0 Å². The van der Waals surface area contributed by atoms with E-state index in [0.29, 0.717) is 12.2 Å². The van der Waals surface area contributed by atoms with Crippen LogP contribution in [0.4, 0.5) is 0 Å². The Hall–Kier alpha value is -2.12. The van der Waals surface area contributed by atoms with Gasteiger partial charge in [-0.15, -0.1) is 12.4 Å². The molecule has 2 atom stereocenters. The Bertz CT molecular complexity index is 757. The fourth-order valence-electron chi connectivity index (χ4n) is 3.33. The highest BCUT2D eigenvalue weighted by Gasteiger charge is 2.30. The van der Waals surface area contributed by atoms with Crippen LogP contribution in [-0.2, 0) is 4.79 Å². The molecule has 2 unspecified atom stereocenters. The Kier molecular flexibility index (Phi) is 6.99. The van der Waals surface area contributed by atoms with Crippen LogP contribution in [0.1, 0.15) is 37.2 Å². The Morgan fingerprint density at radius 3 is 2.85 bits per heavy atom. The summed E-state index contributed by atoms with van der Waals surface area (Å²) in [6, 6.07) is 7.07. The van der Waals surface area contributed by atoms with Crippen molar-refractivity contribution in [2.75, 3.05) is 19.6 Å². The number of carbonyl (C=O) groups excluding carboxylic acids is 2. The standard InChI is InChI=1S/C18H25N5O2.ClH/c1-3-10-23(13-8-9-19-11-13)18(25)12(2)20-17(24)16-14-6-4-5-7-15(14)21-22-16;/h4-7,12-13,19H,3,8-11H2,1-2H3,(H,20,24)(H,21,22);1H. The highest BCUT2D eigenvalue weighted by molar-refractivity contribution is 6.05. The van der Waals surface area contributed by atoms with Crippen molar-refractivity contribution in [2.45, 2.75) is 38.8 Å². The number of hydrogen-bond acceptors (Lipinski definition) is 4. The van der Waals surface area contributed by atoms with E-state index >= 15 is 0 Å². The summed E-state index contributed by atoms with van der Waals surface area (Å²) in [5.41, 5.74) is 1.12. The summed E-state index contributed by atoms with van der Waals surface area (Å²) in [7, 11) is 0. The maximum atomic E-state index is 12.8. The molecule has 1 aromatic heterocycles. The summed E-state index contributed by atoms with van der Waals surface area (Å²) in [5, 5.41) is 13.8. The lowest BCUT2D eigenvalue weighted by atomic mass is 10.1. The monoisotopic (exact) mass is 379 g/mol. The smallest absolute Gasteiger partial charge is 0.273 e. The van der Waals surface area contributed by atoms with Crippen molar-refractivity contribution in [3.63, 3.8) is 0 Å². The summed E-state index contributed by atoms with van der Waals surface area (Å²) in [5.74, 6) is -0.372. The third kappa shape index (κ3) is 4.16. The van der Waals surface area contributed by atoms with Gasteiger partial charge in [-0.05, 0) is 32.4 Å². The van der Waals surface area contributed by atoms with Crippen molar-refractivity contribution < 1.29 is 9.59 Å². The first-order valence-corrected chi connectivity index (χ1v) is 8.87. The van der Waals surface area contributed by atoms with E-state index in [-0.39, 0.29) is 30.3 Å². The number of hydrogen-bond donors (Lipinski definition) is 3. The maximum absolute atomic E-state index is 12.8. The van der Waals surface area contributed by atoms with E-state index in [4.69, 9.17) is 0 Å². The summed E-state index contributed by atoms with van der Waals surface area (Å²) < 4.78 is 0. The zero-order valence-corrected chi connectivity index (χ0v) is 15.9. The van der Waals surface area contributed by atoms with Crippen LogP contribution in [0, 0.1) is 0 Å². The van der Waals surface area contributed by atoms with Crippen molar-refractivity contribution in [2.24, 2.45) is 0 Å². The fraction of sp³-hybridized carbons (Fsp3) is 0.500. The van der Waals surface area contributed by atoms with Crippen LogP contribution < -0.4 is 10.6 Å². The first-order chi connectivity index (χ1) is 12.1. The van der Waals surface area contributed by atoms with Crippen LogP contribution in [-0.4, -0.2) is 58.6 Å². The van der Waals surface area contributed by atoms with E-state index in [9.17, 15) is 9.59 Å². The van der Waals surface area contributed by atoms with Gasteiger partial charge in [-0.25, -0.2) is 0 Å². The molecule has 3 N–H and O–H groups in total. The largest absolute Gasteiger partial charge is 0.339 e. The Labute approximate surface area is 159 Å². The molecule has 2 heterocycles. The molecule has 0 radical (unpaired) electrons. The van der Waals surface area contributed by atoms with Gasteiger partial charge in [0.25, 0.3) is 5.91 Å². The lowest BCUT2D eigenvalue weighted by Gasteiger charge is -2.30. The molecule has 3 rings (SSSR count). The number of nitrogens with zero attached hydrogens (tertiary/aromatic N) is 2. The van der Waals surface area contributed by atoms with Gasteiger partial charge in [0.1, 0.15) is 6.04 Å². The van der Waals surface area contributed by atoms with Gasteiger partial charge in [-0.3, -0.25) is 14.7 Å². The van der Waals surface area contributed by atoms with Gasteiger partial charge >= 0.3 is 0 Å². The molecule has 1 saturated heterocycles. The molecule has 1 aromatic carbocycles. The molecule has 26 heavy (non-hydrogen) atoms. The second-order valence-corrected chi connectivity index (χ2v) is 6.49. The molecule has 0 saturated carbocycles. The number of benzene rings is 1. The third-order valence-electron chi connectivity index (χ3n) is 4.63. The molecule has 142 valence electrons. The van der Waals surface area contributed by atoms with Gasteiger partial charge in [0.05, 0.1) is 5.52 Å². The number of carbonyl (C=O) groups is 2. The summed E-state index contributed by atoms with van der Waals surface area (Å²) in [6.45, 7) is 6.24. The predicted molar refractivity (Wildman–Crippen MR) is 104 cm³/mol. The van der Waals surface area contributed by atoms with Crippen LogP contribution in [0.3, 0.4) is 0 Å². The molecule has 8 heteroatoms. The molecule has 7 nitrogen and oxygen atoms in total. The van der Waals surface area contributed by atoms with Gasteiger partial charge in [0.2, 0.25) is 5.91 Å². The highest BCUT2D eigenvalue weighted by atomic mass is 35.5. The van der Waals surface area contributed by atoms with Crippen molar-refractivity contribution in [1.29, 1.82) is 0 Å². The molecule has 0 spiro atoms. The molecule has 1 aliphatic rings. The Morgan fingerprint density at radius 2 is 2.15 bits per heavy atom. The zero-order valence-electron chi connectivity index (χ0n) is 15.1. The van der Waals surface area contributed by atoms with Gasteiger partial charge in [-0.1, -0.05) is 25.1 Å². The average molecular weight is 380 g/mol. The van der Waals surface area contributed by atoms with E-state index in [1.54, 1.807) is 6.92 Å². The van der Waals surface area contributed by atoms with Gasteiger partial charge in [0, 0.05) is 24.5 Å². The number of H-pyrrole nitrogens is 1. The molecular formula is C18H26ClN5O2. The van der Waals surface area contributed by atoms with Crippen LogP contribution in [0.15, 0.2) is 24.3 Å². The van der Waals surface area contributed by atoms with E-state index in [0.717, 1.165) is 36.8 Å². The minimum absolute atomic E-state index is 0. The summed E-state index contributed by atoms with van der Waals surface area (Å²) in [6.07, 6.45) is 1.85. The molecule has 2 amide bonds. The summed E-state index contributed by atoms with van der Waals surface area (Å²) in [4.78, 5) is 27.3. The SMILES string of the molecule is CCCN(C(=O)C(C)NC(=O)c1n[nH]c2ccccc12)C1CCNC1.Cl. The number of para-hydroxylation sites is 1. The number of amides is 2. The lowest BCUT2D eigenvalue weighted by molar-refractivity contribution is -0.134. The van der Waals surface area contributed by atoms with Gasteiger partial charge in [0.15, 0.2) is 5.69 Å². The molecule has 0 aliphatic carbocycles. The first-order valence-electron chi connectivity index (χ1n) is 8.87. The number of aromatic nitrogens is 2. The van der Waals surface area contributed by atoms with Crippen molar-refractivity contribution in [1.82, 2.24) is 25.7 Å². The second-order valence-electron chi connectivity index (χ2n) is 6.49. The van der Waals surface area contributed by atoms with Crippen LogP contribution in [0.25, 0.3) is 10.9 Å². The highest BCUT2D eigenvalue weighted by Crippen LogP contribution is 2.16. The maximum Gasteiger partial charge on any atom is 0.273 e.